The molecule has 1 saturated heterocycles. The van der Waals surface area contributed by atoms with Gasteiger partial charge in [0.25, 0.3) is 5.91 Å². The Kier molecular flexibility index (Phi) is 4.23. The van der Waals surface area contributed by atoms with E-state index in [1.54, 1.807) is 0 Å². The van der Waals surface area contributed by atoms with Crippen molar-refractivity contribution in [2.24, 2.45) is 5.92 Å². The summed E-state index contributed by atoms with van der Waals surface area (Å²) in [7, 11) is 0. The van der Waals surface area contributed by atoms with Gasteiger partial charge in [-0.1, -0.05) is 31.0 Å². The van der Waals surface area contributed by atoms with Gasteiger partial charge in [-0.25, -0.2) is 0 Å². The lowest BCUT2D eigenvalue weighted by Crippen LogP contribution is -2.39. The molecule has 2 aliphatic rings. The van der Waals surface area contributed by atoms with Crippen molar-refractivity contribution < 1.29 is 9.59 Å². The van der Waals surface area contributed by atoms with Crippen molar-refractivity contribution in [2.45, 2.75) is 38.1 Å². The second kappa shape index (κ2) is 6.29. The highest BCUT2D eigenvalue weighted by Crippen LogP contribution is 2.27. The molecule has 1 aromatic carbocycles. The van der Waals surface area contributed by atoms with E-state index >= 15 is 0 Å². The van der Waals surface area contributed by atoms with Crippen LogP contribution in [0, 0.1) is 5.92 Å². The maximum absolute atomic E-state index is 12.4. The number of nitrogens with zero attached hydrogens (tertiary/aromatic N) is 1. The lowest BCUT2D eigenvalue weighted by molar-refractivity contribution is -0.134. The first-order valence-corrected chi connectivity index (χ1v) is 7.89. The lowest BCUT2D eigenvalue weighted by atomic mass is 10.1. The third-order valence-electron chi connectivity index (χ3n) is 4.58. The van der Waals surface area contributed by atoms with E-state index in [4.69, 9.17) is 0 Å². The smallest absolute Gasteiger partial charge is 0.251 e. The zero-order chi connectivity index (χ0) is 14.7. The van der Waals surface area contributed by atoms with E-state index in [-0.39, 0.29) is 17.9 Å². The maximum Gasteiger partial charge on any atom is 0.251 e. The van der Waals surface area contributed by atoms with Gasteiger partial charge in [0.2, 0.25) is 5.91 Å². The molecule has 0 bridgehead atoms. The number of carbonyl (C=O) groups excluding carboxylic acids is 2. The van der Waals surface area contributed by atoms with Crippen molar-refractivity contribution in [3.63, 3.8) is 0 Å². The maximum atomic E-state index is 12.4. The predicted octanol–water partition coefficient (Wildman–Crippen LogP) is 2.21. The molecule has 1 aliphatic heterocycles. The molecule has 1 heterocycles. The Bertz CT molecular complexity index is 509. The fourth-order valence-corrected chi connectivity index (χ4v) is 3.37. The van der Waals surface area contributed by atoms with Gasteiger partial charge in [-0.2, -0.15) is 0 Å². The van der Waals surface area contributed by atoms with Gasteiger partial charge < -0.3 is 10.2 Å². The molecule has 112 valence electrons. The quantitative estimate of drug-likeness (QED) is 0.926. The Balaban J connectivity index is 1.52. The van der Waals surface area contributed by atoms with E-state index < -0.39 is 0 Å². The molecular weight excluding hydrogens is 264 g/mol. The molecule has 1 aliphatic carbocycles. The second-order valence-corrected chi connectivity index (χ2v) is 6.09. The van der Waals surface area contributed by atoms with Gasteiger partial charge in [0.1, 0.15) is 0 Å². The molecule has 3 rings (SSSR count). The fraction of sp³-hybridized carbons (Fsp3) is 0.529. The minimum atomic E-state index is -0.0456. The highest BCUT2D eigenvalue weighted by Gasteiger charge is 2.32. The lowest BCUT2D eigenvalue weighted by Gasteiger charge is -2.20. The van der Waals surface area contributed by atoms with Crippen molar-refractivity contribution in [1.29, 1.82) is 0 Å². The molecule has 2 amide bonds. The van der Waals surface area contributed by atoms with Crippen LogP contribution >= 0.6 is 0 Å². The highest BCUT2D eigenvalue weighted by molar-refractivity contribution is 5.94. The van der Waals surface area contributed by atoms with Crippen molar-refractivity contribution in [2.75, 3.05) is 13.1 Å². The van der Waals surface area contributed by atoms with Gasteiger partial charge >= 0.3 is 0 Å². The molecule has 2 fully saturated rings. The molecule has 4 nitrogen and oxygen atoms in total. The molecular formula is C17H22N2O2. The van der Waals surface area contributed by atoms with Crippen LogP contribution in [0.3, 0.4) is 0 Å². The SMILES string of the molecule is O=C(N[C@H]1CCN(C(=O)C2CCCC2)C1)c1ccccc1. The largest absolute Gasteiger partial charge is 0.347 e. The third-order valence-corrected chi connectivity index (χ3v) is 4.58. The molecule has 1 N–H and O–H groups in total. The first-order valence-electron chi connectivity index (χ1n) is 7.89. The topological polar surface area (TPSA) is 49.4 Å². The van der Waals surface area contributed by atoms with Gasteiger partial charge in [-0.3, -0.25) is 9.59 Å². The molecule has 21 heavy (non-hydrogen) atoms. The zero-order valence-electron chi connectivity index (χ0n) is 12.3. The van der Waals surface area contributed by atoms with E-state index in [9.17, 15) is 9.59 Å². The van der Waals surface area contributed by atoms with Gasteiger partial charge in [0.15, 0.2) is 0 Å². The molecule has 0 aromatic heterocycles. The third kappa shape index (κ3) is 3.26. The fourth-order valence-electron chi connectivity index (χ4n) is 3.37. The summed E-state index contributed by atoms with van der Waals surface area (Å²) in [6, 6.07) is 9.33. The van der Waals surface area contributed by atoms with Crippen LogP contribution in [-0.2, 0) is 4.79 Å². The summed E-state index contributed by atoms with van der Waals surface area (Å²) in [6.07, 6.45) is 5.29. The summed E-state index contributed by atoms with van der Waals surface area (Å²) in [5.41, 5.74) is 0.679. The minimum absolute atomic E-state index is 0.0456. The van der Waals surface area contributed by atoms with Crippen molar-refractivity contribution in [1.82, 2.24) is 10.2 Å². The Morgan fingerprint density at radius 2 is 1.76 bits per heavy atom. The van der Waals surface area contributed by atoms with Gasteiger partial charge in [-0.15, -0.1) is 0 Å². The number of likely N-dealkylation sites (tertiary alicyclic amines) is 1. The number of hydrogen-bond donors (Lipinski definition) is 1. The van der Waals surface area contributed by atoms with E-state index in [1.165, 1.54) is 12.8 Å². The first-order chi connectivity index (χ1) is 10.2. The van der Waals surface area contributed by atoms with Crippen LogP contribution in [0.15, 0.2) is 30.3 Å². The molecule has 0 spiro atoms. The summed E-state index contributed by atoms with van der Waals surface area (Å²) in [6.45, 7) is 1.43. The Hall–Kier alpha value is -1.84. The monoisotopic (exact) mass is 286 g/mol. The molecule has 0 unspecified atom stereocenters. The number of hydrogen-bond acceptors (Lipinski definition) is 2. The summed E-state index contributed by atoms with van der Waals surface area (Å²) in [4.78, 5) is 26.4. The number of benzene rings is 1. The summed E-state index contributed by atoms with van der Waals surface area (Å²) in [5, 5.41) is 3.04. The Labute approximate surface area is 125 Å². The molecule has 1 atom stereocenters. The van der Waals surface area contributed by atoms with Gasteiger partial charge in [0.05, 0.1) is 0 Å². The van der Waals surface area contributed by atoms with Crippen LogP contribution in [-0.4, -0.2) is 35.8 Å². The van der Waals surface area contributed by atoms with E-state index in [2.05, 4.69) is 5.32 Å². The molecule has 0 radical (unpaired) electrons. The Morgan fingerprint density at radius 3 is 2.48 bits per heavy atom. The van der Waals surface area contributed by atoms with Crippen LogP contribution in [0.1, 0.15) is 42.5 Å². The normalized spacial score (nSPS) is 22.5. The van der Waals surface area contributed by atoms with E-state index in [0.29, 0.717) is 18.0 Å². The van der Waals surface area contributed by atoms with Crippen molar-refractivity contribution in [3.8, 4) is 0 Å². The number of amides is 2. The van der Waals surface area contributed by atoms with Crippen LogP contribution in [0.5, 0.6) is 0 Å². The average molecular weight is 286 g/mol. The predicted molar refractivity (Wildman–Crippen MR) is 80.9 cm³/mol. The van der Waals surface area contributed by atoms with E-state index in [1.807, 2.05) is 35.2 Å². The first kappa shape index (κ1) is 14.1. The van der Waals surface area contributed by atoms with Gasteiger partial charge in [0, 0.05) is 30.6 Å². The number of carbonyl (C=O) groups is 2. The van der Waals surface area contributed by atoms with Crippen molar-refractivity contribution >= 4 is 11.8 Å². The summed E-state index contributed by atoms with van der Waals surface area (Å²) < 4.78 is 0. The van der Waals surface area contributed by atoms with Crippen LogP contribution in [0.2, 0.25) is 0 Å². The summed E-state index contributed by atoms with van der Waals surface area (Å²) in [5.74, 6) is 0.480. The van der Waals surface area contributed by atoms with Crippen molar-refractivity contribution in [3.05, 3.63) is 35.9 Å². The minimum Gasteiger partial charge on any atom is -0.347 e. The number of nitrogens with one attached hydrogen (secondary N) is 1. The Morgan fingerprint density at radius 1 is 1.05 bits per heavy atom. The average Bonchev–Trinajstić information content (AvgIpc) is 3.19. The second-order valence-electron chi connectivity index (χ2n) is 6.09. The molecule has 1 aromatic rings. The number of rotatable bonds is 3. The van der Waals surface area contributed by atoms with E-state index in [0.717, 1.165) is 25.8 Å². The van der Waals surface area contributed by atoms with Crippen LogP contribution in [0.4, 0.5) is 0 Å². The molecule has 4 heteroatoms. The molecule has 1 saturated carbocycles. The highest BCUT2D eigenvalue weighted by atomic mass is 16.2. The summed E-state index contributed by atoms with van der Waals surface area (Å²) >= 11 is 0. The zero-order valence-corrected chi connectivity index (χ0v) is 12.3. The van der Waals surface area contributed by atoms with Crippen LogP contribution in [0.25, 0.3) is 0 Å². The standard InChI is InChI=1S/C17H22N2O2/c20-16(13-6-2-1-3-7-13)18-15-10-11-19(12-15)17(21)14-8-4-5-9-14/h1-3,6-7,14-15H,4-5,8-12H2,(H,18,20)/t15-/m0/s1. The van der Waals surface area contributed by atoms with Crippen LogP contribution < -0.4 is 5.32 Å². The van der Waals surface area contributed by atoms with Gasteiger partial charge in [-0.05, 0) is 31.4 Å².